The Bertz CT molecular complexity index is 1040. The highest BCUT2D eigenvalue weighted by Crippen LogP contribution is 2.18. The van der Waals surface area contributed by atoms with Gasteiger partial charge in [-0.2, -0.15) is 0 Å². The standard InChI is InChI=1S/C22H19F2N3O2/c1-14-6-11-20(18(24)12-14)27-21(28)13-25-19-5-3-2-4-17(19)22(29)26-16-9-7-15(23)8-10-16/h2-12,25H,13H2,1H3,(H,26,29)(H,27,28). The Hall–Kier alpha value is -3.74. The first-order valence-electron chi connectivity index (χ1n) is 8.88. The summed E-state index contributed by atoms with van der Waals surface area (Å²) in [7, 11) is 0. The molecule has 3 N–H and O–H groups in total. The molecule has 0 atom stereocenters. The fourth-order valence-corrected chi connectivity index (χ4v) is 2.66. The number of amides is 2. The number of hydrogen-bond donors (Lipinski definition) is 3. The topological polar surface area (TPSA) is 70.2 Å². The quantitative estimate of drug-likeness (QED) is 0.572. The van der Waals surface area contributed by atoms with Crippen molar-refractivity contribution in [2.45, 2.75) is 6.92 Å². The summed E-state index contributed by atoms with van der Waals surface area (Å²) in [5.41, 5.74) is 2.03. The van der Waals surface area contributed by atoms with Gasteiger partial charge in [-0.05, 0) is 61.0 Å². The average molecular weight is 395 g/mol. The van der Waals surface area contributed by atoms with E-state index in [1.54, 1.807) is 37.3 Å². The van der Waals surface area contributed by atoms with Crippen molar-refractivity contribution in [2.75, 3.05) is 22.5 Å². The Morgan fingerprint density at radius 1 is 0.862 bits per heavy atom. The number of carbonyl (C=O) groups excluding carboxylic acids is 2. The molecule has 2 amide bonds. The summed E-state index contributed by atoms with van der Waals surface area (Å²) in [5, 5.41) is 8.04. The minimum atomic E-state index is -0.516. The van der Waals surface area contributed by atoms with E-state index < -0.39 is 23.4 Å². The van der Waals surface area contributed by atoms with Gasteiger partial charge in [0.25, 0.3) is 5.91 Å². The van der Waals surface area contributed by atoms with Gasteiger partial charge in [-0.25, -0.2) is 8.78 Å². The third kappa shape index (κ3) is 5.38. The first-order chi connectivity index (χ1) is 13.9. The highest BCUT2D eigenvalue weighted by Gasteiger charge is 2.13. The molecular weight excluding hydrogens is 376 g/mol. The number of carbonyl (C=O) groups is 2. The van der Waals surface area contributed by atoms with Crippen molar-refractivity contribution in [2.24, 2.45) is 0 Å². The molecule has 3 aromatic rings. The summed E-state index contributed by atoms with van der Waals surface area (Å²) < 4.78 is 26.9. The van der Waals surface area contributed by atoms with Gasteiger partial charge in [0.2, 0.25) is 5.91 Å². The van der Waals surface area contributed by atoms with Crippen LogP contribution in [0.4, 0.5) is 25.8 Å². The maximum atomic E-state index is 13.9. The highest BCUT2D eigenvalue weighted by atomic mass is 19.1. The Kier molecular flexibility index (Phi) is 6.19. The lowest BCUT2D eigenvalue weighted by molar-refractivity contribution is -0.114. The van der Waals surface area contributed by atoms with Crippen LogP contribution in [0.5, 0.6) is 0 Å². The number of anilines is 3. The molecule has 0 bridgehead atoms. The molecule has 0 aliphatic heterocycles. The monoisotopic (exact) mass is 395 g/mol. The molecule has 0 spiro atoms. The Morgan fingerprint density at radius 2 is 1.59 bits per heavy atom. The Morgan fingerprint density at radius 3 is 2.31 bits per heavy atom. The van der Waals surface area contributed by atoms with Gasteiger partial charge in [0, 0.05) is 11.4 Å². The minimum Gasteiger partial charge on any atom is -0.376 e. The average Bonchev–Trinajstić information content (AvgIpc) is 2.70. The van der Waals surface area contributed by atoms with E-state index in [1.165, 1.54) is 36.4 Å². The summed E-state index contributed by atoms with van der Waals surface area (Å²) in [6.45, 7) is 1.60. The van der Waals surface area contributed by atoms with Gasteiger partial charge in [-0.3, -0.25) is 9.59 Å². The van der Waals surface area contributed by atoms with Crippen LogP contribution in [0.1, 0.15) is 15.9 Å². The minimum absolute atomic E-state index is 0.0877. The fourth-order valence-electron chi connectivity index (χ4n) is 2.66. The zero-order valence-corrected chi connectivity index (χ0v) is 15.6. The normalized spacial score (nSPS) is 10.3. The molecule has 148 valence electrons. The van der Waals surface area contributed by atoms with E-state index in [-0.39, 0.29) is 12.2 Å². The molecule has 0 fully saturated rings. The molecule has 3 rings (SSSR count). The van der Waals surface area contributed by atoms with E-state index in [2.05, 4.69) is 16.0 Å². The molecule has 0 radical (unpaired) electrons. The Balaban J connectivity index is 1.64. The molecule has 0 aliphatic rings. The number of rotatable bonds is 6. The second kappa shape index (κ2) is 8.97. The van der Waals surface area contributed by atoms with E-state index >= 15 is 0 Å². The molecule has 0 heterocycles. The lowest BCUT2D eigenvalue weighted by Gasteiger charge is -2.13. The number of hydrogen-bond acceptors (Lipinski definition) is 3. The first kappa shape index (κ1) is 20.0. The smallest absolute Gasteiger partial charge is 0.257 e. The third-order valence-electron chi connectivity index (χ3n) is 4.11. The van der Waals surface area contributed by atoms with E-state index in [0.717, 1.165) is 5.56 Å². The summed E-state index contributed by atoms with van der Waals surface area (Å²) in [4.78, 5) is 24.7. The Labute approximate surface area is 166 Å². The SMILES string of the molecule is Cc1ccc(NC(=O)CNc2ccccc2C(=O)Nc2ccc(F)cc2)c(F)c1. The van der Waals surface area contributed by atoms with Gasteiger partial charge in [-0.15, -0.1) is 0 Å². The molecule has 3 aromatic carbocycles. The van der Waals surface area contributed by atoms with Crippen LogP contribution in [-0.4, -0.2) is 18.4 Å². The summed E-state index contributed by atoms with van der Waals surface area (Å²) >= 11 is 0. The summed E-state index contributed by atoms with van der Waals surface area (Å²) in [5.74, 6) is -1.79. The zero-order chi connectivity index (χ0) is 20.8. The van der Waals surface area contributed by atoms with Crippen LogP contribution in [-0.2, 0) is 4.79 Å². The van der Waals surface area contributed by atoms with Crippen LogP contribution >= 0.6 is 0 Å². The van der Waals surface area contributed by atoms with Crippen LogP contribution in [0.25, 0.3) is 0 Å². The van der Waals surface area contributed by atoms with Crippen LogP contribution in [0.2, 0.25) is 0 Å². The van der Waals surface area contributed by atoms with Gasteiger partial charge in [0.15, 0.2) is 0 Å². The molecule has 0 aliphatic carbocycles. The van der Waals surface area contributed by atoms with E-state index in [1.807, 2.05) is 0 Å². The zero-order valence-electron chi connectivity index (χ0n) is 15.6. The lowest BCUT2D eigenvalue weighted by Crippen LogP contribution is -2.23. The molecule has 0 saturated carbocycles. The van der Waals surface area contributed by atoms with Gasteiger partial charge >= 0.3 is 0 Å². The van der Waals surface area contributed by atoms with Gasteiger partial charge in [0.05, 0.1) is 17.8 Å². The molecular formula is C22H19F2N3O2. The van der Waals surface area contributed by atoms with Crippen molar-refractivity contribution < 1.29 is 18.4 Å². The maximum Gasteiger partial charge on any atom is 0.257 e. The van der Waals surface area contributed by atoms with Crippen molar-refractivity contribution in [3.05, 3.63) is 89.5 Å². The predicted octanol–water partition coefficient (Wildman–Crippen LogP) is 4.58. The molecule has 0 saturated heterocycles. The van der Waals surface area contributed by atoms with Crippen molar-refractivity contribution >= 4 is 28.9 Å². The summed E-state index contributed by atoms with van der Waals surface area (Å²) in [6.07, 6.45) is 0. The summed E-state index contributed by atoms with van der Waals surface area (Å²) in [6, 6.07) is 16.6. The number of aryl methyl sites for hydroxylation is 1. The van der Waals surface area contributed by atoms with Crippen LogP contribution < -0.4 is 16.0 Å². The molecule has 0 unspecified atom stereocenters. The molecule has 7 heteroatoms. The van der Waals surface area contributed by atoms with E-state index in [9.17, 15) is 18.4 Å². The van der Waals surface area contributed by atoms with Gasteiger partial charge in [0.1, 0.15) is 11.6 Å². The van der Waals surface area contributed by atoms with Crippen molar-refractivity contribution in [3.63, 3.8) is 0 Å². The maximum absolute atomic E-state index is 13.9. The third-order valence-corrected chi connectivity index (χ3v) is 4.11. The first-order valence-corrected chi connectivity index (χ1v) is 8.88. The van der Waals surface area contributed by atoms with Gasteiger partial charge < -0.3 is 16.0 Å². The van der Waals surface area contributed by atoms with Crippen LogP contribution in [0, 0.1) is 18.6 Å². The van der Waals surface area contributed by atoms with Crippen LogP contribution in [0.15, 0.2) is 66.7 Å². The van der Waals surface area contributed by atoms with Gasteiger partial charge in [-0.1, -0.05) is 18.2 Å². The molecule has 0 aromatic heterocycles. The number of para-hydroxylation sites is 1. The predicted molar refractivity (Wildman–Crippen MR) is 109 cm³/mol. The van der Waals surface area contributed by atoms with Crippen molar-refractivity contribution in [3.8, 4) is 0 Å². The molecule has 29 heavy (non-hydrogen) atoms. The van der Waals surface area contributed by atoms with Crippen molar-refractivity contribution in [1.29, 1.82) is 0 Å². The van der Waals surface area contributed by atoms with Crippen LogP contribution in [0.3, 0.4) is 0 Å². The fraction of sp³-hybridized carbons (Fsp3) is 0.0909. The van der Waals surface area contributed by atoms with E-state index in [4.69, 9.17) is 0 Å². The number of benzene rings is 3. The second-order valence-corrected chi connectivity index (χ2v) is 6.39. The number of nitrogens with one attached hydrogen (secondary N) is 3. The number of halogens is 2. The van der Waals surface area contributed by atoms with Crippen molar-refractivity contribution in [1.82, 2.24) is 0 Å². The lowest BCUT2D eigenvalue weighted by atomic mass is 10.1. The molecule has 5 nitrogen and oxygen atoms in total. The van der Waals surface area contributed by atoms with E-state index in [0.29, 0.717) is 16.9 Å². The highest BCUT2D eigenvalue weighted by molar-refractivity contribution is 6.08. The second-order valence-electron chi connectivity index (χ2n) is 6.39. The largest absolute Gasteiger partial charge is 0.376 e.